The summed E-state index contributed by atoms with van der Waals surface area (Å²) in [6.07, 6.45) is 0. The second-order valence-electron chi connectivity index (χ2n) is 4.38. The third-order valence-electron chi connectivity index (χ3n) is 2.69. The van der Waals surface area contributed by atoms with Gasteiger partial charge in [0, 0.05) is 10.5 Å². The molecule has 23 heavy (non-hydrogen) atoms. The monoisotopic (exact) mass is 336 g/mol. The third kappa shape index (κ3) is 7.30. The molecule has 0 aromatic heterocycles. The Labute approximate surface area is 138 Å². The van der Waals surface area contributed by atoms with Gasteiger partial charge in [0.15, 0.2) is 0 Å². The van der Waals surface area contributed by atoms with E-state index in [1.54, 1.807) is 12.1 Å². The molecule has 3 N–H and O–H groups in total. The molecule has 2 aromatic carbocycles. The Kier molecular flexibility index (Phi) is 7.58. The van der Waals surface area contributed by atoms with E-state index in [0.29, 0.717) is 11.1 Å². The summed E-state index contributed by atoms with van der Waals surface area (Å²) in [7, 11) is 0. The average molecular weight is 336 g/mol. The molecular formula is C15H16N2O5S. The van der Waals surface area contributed by atoms with E-state index >= 15 is 0 Å². The molecule has 0 saturated carbocycles. The van der Waals surface area contributed by atoms with Gasteiger partial charge in [-0.05, 0) is 35.4 Å². The standard InChI is InChI=1S/C8H8N2O4.C7H8OS/c9-8(11)7-3-1-6(2-4-7)5-14-10(12)13;8-5-6-1-3-7(9)4-2-6/h1-4H,5H2,(H2,9,11);1-4,8-9H,5H2. The van der Waals surface area contributed by atoms with Gasteiger partial charge in [0.2, 0.25) is 5.91 Å². The van der Waals surface area contributed by atoms with Gasteiger partial charge in [-0.2, -0.15) is 0 Å². The number of aliphatic hydroxyl groups excluding tert-OH is 1. The molecule has 2 aromatic rings. The van der Waals surface area contributed by atoms with Gasteiger partial charge >= 0.3 is 0 Å². The molecule has 0 radical (unpaired) electrons. The van der Waals surface area contributed by atoms with Gasteiger partial charge in [-0.1, -0.05) is 24.3 Å². The molecule has 8 heteroatoms. The molecule has 1 amide bonds. The number of nitrogens with zero attached hydrogens (tertiary/aromatic N) is 1. The fraction of sp³-hybridized carbons (Fsp3) is 0.133. The van der Waals surface area contributed by atoms with Crippen LogP contribution in [0.15, 0.2) is 53.4 Å². The van der Waals surface area contributed by atoms with Crippen LogP contribution in [-0.4, -0.2) is 16.1 Å². The van der Waals surface area contributed by atoms with Crippen LogP contribution in [0.4, 0.5) is 0 Å². The number of primary amides is 1. The van der Waals surface area contributed by atoms with Crippen LogP contribution in [0.3, 0.4) is 0 Å². The molecule has 2 rings (SSSR count). The molecule has 7 nitrogen and oxygen atoms in total. The molecule has 0 aliphatic heterocycles. The van der Waals surface area contributed by atoms with E-state index in [1.807, 2.05) is 24.3 Å². The van der Waals surface area contributed by atoms with Gasteiger partial charge in [-0.3, -0.25) is 4.79 Å². The van der Waals surface area contributed by atoms with E-state index in [1.165, 1.54) is 12.1 Å². The van der Waals surface area contributed by atoms with Crippen LogP contribution in [0.25, 0.3) is 0 Å². The number of hydrogen-bond donors (Lipinski definition) is 3. The molecule has 0 unspecified atom stereocenters. The number of thiol groups is 1. The molecule has 0 bridgehead atoms. The van der Waals surface area contributed by atoms with E-state index in [0.717, 1.165) is 10.5 Å². The second-order valence-corrected chi connectivity index (χ2v) is 4.90. The van der Waals surface area contributed by atoms with E-state index < -0.39 is 11.0 Å². The van der Waals surface area contributed by atoms with Crippen LogP contribution in [-0.2, 0) is 18.1 Å². The maximum absolute atomic E-state index is 10.7. The minimum Gasteiger partial charge on any atom is -0.392 e. The van der Waals surface area contributed by atoms with Crippen molar-refractivity contribution in [2.45, 2.75) is 18.1 Å². The minimum atomic E-state index is -0.873. The van der Waals surface area contributed by atoms with Crippen molar-refractivity contribution in [2.75, 3.05) is 0 Å². The van der Waals surface area contributed by atoms with Crippen LogP contribution in [0.5, 0.6) is 0 Å². The molecule has 0 atom stereocenters. The summed E-state index contributed by atoms with van der Waals surface area (Å²) >= 11 is 4.09. The Morgan fingerprint density at radius 3 is 2.09 bits per heavy atom. The summed E-state index contributed by atoms with van der Waals surface area (Å²) in [5.41, 5.74) is 6.89. The predicted molar refractivity (Wildman–Crippen MR) is 86.4 cm³/mol. The number of aliphatic hydroxyl groups is 1. The number of amides is 1. The SMILES string of the molecule is NC(=O)c1ccc(CO[N+](=O)[O-])cc1.OCc1ccc(S)cc1. The molecule has 0 aliphatic carbocycles. The smallest absolute Gasteiger partial charge is 0.294 e. The summed E-state index contributed by atoms with van der Waals surface area (Å²) in [6, 6.07) is 13.5. The summed E-state index contributed by atoms with van der Waals surface area (Å²) < 4.78 is 0. The first-order chi connectivity index (χ1) is 10.9. The highest BCUT2D eigenvalue weighted by Gasteiger charge is 2.01. The number of hydrogen-bond acceptors (Lipinski definition) is 6. The Hall–Kier alpha value is -2.58. The molecule has 0 fully saturated rings. The molecule has 0 heterocycles. The van der Waals surface area contributed by atoms with Crippen LogP contribution in [0, 0.1) is 10.1 Å². The summed E-state index contributed by atoms with van der Waals surface area (Å²) in [4.78, 5) is 25.6. The zero-order valence-electron chi connectivity index (χ0n) is 12.1. The summed E-state index contributed by atoms with van der Waals surface area (Å²) in [6.45, 7) is -0.0277. The molecular weight excluding hydrogens is 320 g/mol. The lowest BCUT2D eigenvalue weighted by atomic mass is 10.1. The number of rotatable bonds is 5. The predicted octanol–water partition coefficient (Wildman–Crippen LogP) is 1.96. The molecule has 0 aliphatic rings. The second kappa shape index (κ2) is 9.44. The zero-order chi connectivity index (χ0) is 17.2. The fourth-order valence-corrected chi connectivity index (χ4v) is 1.64. The maximum atomic E-state index is 10.7. The molecule has 0 spiro atoms. The van der Waals surface area contributed by atoms with E-state index in [-0.39, 0.29) is 13.2 Å². The number of carbonyl (C=O) groups is 1. The summed E-state index contributed by atoms with van der Waals surface area (Å²) in [5, 5.41) is 17.6. The van der Waals surface area contributed by atoms with Gasteiger partial charge in [0.25, 0.3) is 5.09 Å². The van der Waals surface area contributed by atoms with Gasteiger partial charge in [-0.25, -0.2) is 0 Å². The lowest BCUT2D eigenvalue weighted by Crippen LogP contribution is -2.10. The van der Waals surface area contributed by atoms with Crippen LogP contribution in [0.1, 0.15) is 21.5 Å². The summed E-state index contributed by atoms with van der Waals surface area (Å²) in [5.74, 6) is -0.535. The first-order valence-electron chi connectivity index (χ1n) is 6.47. The number of nitrogens with two attached hydrogens (primary N) is 1. The highest BCUT2D eigenvalue weighted by Crippen LogP contribution is 2.07. The van der Waals surface area contributed by atoms with Crippen LogP contribution in [0.2, 0.25) is 0 Å². The number of benzene rings is 2. The first-order valence-corrected chi connectivity index (χ1v) is 6.92. The largest absolute Gasteiger partial charge is 0.392 e. The Morgan fingerprint density at radius 2 is 1.65 bits per heavy atom. The Bertz CT molecular complexity index is 644. The van der Waals surface area contributed by atoms with Gasteiger partial charge in [0.1, 0.15) is 6.61 Å². The Balaban J connectivity index is 0.000000253. The lowest BCUT2D eigenvalue weighted by Gasteiger charge is -2.00. The fourth-order valence-electron chi connectivity index (χ4n) is 1.49. The van der Waals surface area contributed by atoms with Crippen molar-refractivity contribution >= 4 is 18.5 Å². The highest BCUT2D eigenvalue weighted by atomic mass is 32.1. The van der Waals surface area contributed by atoms with Gasteiger partial charge in [-0.15, -0.1) is 22.7 Å². The Morgan fingerprint density at radius 1 is 1.13 bits per heavy atom. The minimum absolute atomic E-state index is 0.105. The molecule has 122 valence electrons. The van der Waals surface area contributed by atoms with Gasteiger partial charge in [0.05, 0.1) is 6.61 Å². The lowest BCUT2D eigenvalue weighted by molar-refractivity contribution is -0.763. The van der Waals surface area contributed by atoms with Gasteiger partial charge < -0.3 is 15.7 Å². The zero-order valence-corrected chi connectivity index (χ0v) is 13.0. The topological polar surface area (TPSA) is 116 Å². The van der Waals surface area contributed by atoms with E-state index in [4.69, 9.17) is 10.8 Å². The number of carbonyl (C=O) groups excluding carboxylic acids is 1. The quantitative estimate of drug-likeness (QED) is 0.438. The van der Waals surface area contributed by atoms with Crippen molar-refractivity contribution in [1.29, 1.82) is 0 Å². The van der Waals surface area contributed by atoms with Crippen molar-refractivity contribution in [3.05, 3.63) is 75.3 Å². The first kappa shape index (κ1) is 18.5. The van der Waals surface area contributed by atoms with Crippen molar-refractivity contribution in [2.24, 2.45) is 5.73 Å². The van der Waals surface area contributed by atoms with Crippen molar-refractivity contribution in [3.63, 3.8) is 0 Å². The van der Waals surface area contributed by atoms with Crippen LogP contribution >= 0.6 is 12.6 Å². The normalized spacial score (nSPS) is 9.48. The van der Waals surface area contributed by atoms with Crippen LogP contribution < -0.4 is 5.73 Å². The molecule has 0 saturated heterocycles. The van der Waals surface area contributed by atoms with E-state index in [2.05, 4.69) is 17.5 Å². The van der Waals surface area contributed by atoms with Crippen molar-refractivity contribution < 1.29 is 19.8 Å². The van der Waals surface area contributed by atoms with Crippen molar-refractivity contribution in [1.82, 2.24) is 0 Å². The highest BCUT2D eigenvalue weighted by molar-refractivity contribution is 7.80. The van der Waals surface area contributed by atoms with E-state index in [9.17, 15) is 14.9 Å². The maximum Gasteiger partial charge on any atom is 0.294 e. The third-order valence-corrected chi connectivity index (χ3v) is 2.99. The van der Waals surface area contributed by atoms with Crippen molar-refractivity contribution in [3.8, 4) is 0 Å². The average Bonchev–Trinajstić information content (AvgIpc) is 2.54.